The van der Waals surface area contributed by atoms with Crippen molar-refractivity contribution in [2.45, 2.75) is 13.0 Å². The molecule has 0 radical (unpaired) electrons. The van der Waals surface area contributed by atoms with Crippen molar-refractivity contribution in [3.05, 3.63) is 66.7 Å². The van der Waals surface area contributed by atoms with Crippen LogP contribution in [0.25, 0.3) is 10.8 Å². The number of ether oxygens (including phenoxy) is 2. The molecular formula is C21H21NO4. The molecule has 0 saturated carbocycles. The molecule has 0 fully saturated rings. The lowest BCUT2D eigenvalue weighted by molar-refractivity contribution is -0.114. The van der Waals surface area contributed by atoms with Gasteiger partial charge in [0.15, 0.2) is 0 Å². The first-order valence-corrected chi connectivity index (χ1v) is 8.40. The Bertz CT molecular complexity index is 877. The first-order chi connectivity index (χ1) is 12.6. The van der Waals surface area contributed by atoms with Crippen molar-refractivity contribution in [1.82, 2.24) is 0 Å². The first kappa shape index (κ1) is 17.8. The van der Waals surface area contributed by atoms with Gasteiger partial charge < -0.3 is 19.9 Å². The number of aliphatic hydroxyl groups is 1. The zero-order valence-electron chi connectivity index (χ0n) is 14.5. The van der Waals surface area contributed by atoms with Gasteiger partial charge in [-0.2, -0.15) is 0 Å². The number of carbonyl (C=O) groups is 1. The van der Waals surface area contributed by atoms with E-state index in [-0.39, 0.29) is 19.1 Å². The van der Waals surface area contributed by atoms with Crippen LogP contribution in [0.2, 0.25) is 0 Å². The van der Waals surface area contributed by atoms with Crippen LogP contribution in [0.5, 0.6) is 11.5 Å². The van der Waals surface area contributed by atoms with E-state index in [1.807, 2.05) is 42.5 Å². The predicted octanol–water partition coefficient (Wildman–Crippen LogP) is 3.62. The van der Waals surface area contributed by atoms with E-state index in [9.17, 15) is 9.90 Å². The zero-order valence-corrected chi connectivity index (χ0v) is 14.5. The van der Waals surface area contributed by atoms with E-state index >= 15 is 0 Å². The molecule has 0 aliphatic carbocycles. The molecule has 0 aliphatic heterocycles. The minimum atomic E-state index is -0.753. The second-order valence-electron chi connectivity index (χ2n) is 5.99. The zero-order chi connectivity index (χ0) is 18.4. The molecule has 2 N–H and O–H groups in total. The number of aliphatic hydroxyl groups excluding tert-OH is 1. The molecule has 0 aliphatic rings. The van der Waals surface area contributed by atoms with Gasteiger partial charge >= 0.3 is 0 Å². The third kappa shape index (κ3) is 4.97. The first-order valence-electron chi connectivity index (χ1n) is 8.40. The Balaban J connectivity index is 1.47. The molecular weight excluding hydrogens is 330 g/mol. The maximum atomic E-state index is 11.0. The lowest BCUT2D eigenvalue weighted by Crippen LogP contribution is -2.25. The van der Waals surface area contributed by atoms with Crippen molar-refractivity contribution >= 4 is 22.4 Å². The van der Waals surface area contributed by atoms with E-state index < -0.39 is 6.10 Å². The summed E-state index contributed by atoms with van der Waals surface area (Å²) < 4.78 is 11.2. The fraction of sp³-hybridized carbons (Fsp3) is 0.190. The summed E-state index contributed by atoms with van der Waals surface area (Å²) in [6.07, 6.45) is -0.753. The van der Waals surface area contributed by atoms with Crippen LogP contribution in [-0.2, 0) is 4.79 Å². The fourth-order valence-electron chi connectivity index (χ4n) is 2.53. The minimum absolute atomic E-state index is 0.118. The van der Waals surface area contributed by atoms with E-state index in [2.05, 4.69) is 5.32 Å². The Kier molecular flexibility index (Phi) is 5.71. The summed E-state index contributed by atoms with van der Waals surface area (Å²) in [5, 5.41) is 15.0. The number of amides is 1. The van der Waals surface area contributed by atoms with Gasteiger partial charge in [0.25, 0.3) is 0 Å². The van der Waals surface area contributed by atoms with E-state index in [1.54, 1.807) is 24.3 Å². The topological polar surface area (TPSA) is 67.8 Å². The number of rotatable bonds is 7. The summed E-state index contributed by atoms with van der Waals surface area (Å²) in [6, 6.07) is 20.8. The summed E-state index contributed by atoms with van der Waals surface area (Å²) in [6.45, 7) is 1.71. The third-order valence-corrected chi connectivity index (χ3v) is 3.78. The van der Waals surface area contributed by atoms with Crippen LogP contribution in [-0.4, -0.2) is 30.3 Å². The summed E-state index contributed by atoms with van der Waals surface area (Å²) >= 11 is 0. The lowest BCUT2D eigenvalue weighted by atomic mass is 10.1. The van der Waals surface area contributed by atoms with Crippen molar-refractivity contribution in [3.8, 4) is 11.5 Å². The maximum Gasteiger partial charge on any atom is 0.221 e. The van der Waals surface area contributed by atoms with Crippen molar-refractivity contribution < 1.29 is 19.4 Å². The average molecular weight is 351 g/mol. The Morgan fingerprint density at radius 1 is 0.923 bits per heavy atom. The average Bonchev–Trinajstić information content (AvgIpc) is 2.65. The number of carbonyl (C=O) groups excluding carboxylic acids is 1. The number of benzene rings is 3. The molecule has 1 atom stereocenters. The number of hydrogen-bond donors (Lipinski definition) is 2. The Morgan fingerprint density at radius 3 is 2.23 bits per heavy atom. The highest BCUT2D eigenvalue weighted by atomic mass is 16.5. The highest BCUT2D eigenvalue weighted by Crippen LogP contribution is 2.21. The van der Waals surface area contributed by atoms with Gasteiger partial charge in [0.2, 0.25) is 5.91 Å². The van der Waals surface area contributed by atoms with Crippen LogP contribution in [0.1, 0.15) is 6.92 Å². The summed E-state index contributed by atoms with van der Waals surface area (Å²) in [4.78, 5) is 11.0. The molecule has 26 heavy (non-hydrogen) atoms. The number of nitrogens with one attached hydrogen (secondary N) is 1. The van der Waals surface area contributed by atoms with Gasteiger partial charge in [-0.3, -0.25) is 4.79 Å². The molecule has 5 heteroatoms. The largest absolute Gasteiger partial charge is 0.491 e. The van der Waals surface area contributed by atoms with E-state index in [0.717, 1.165) is 10.8 Å². The molecule has 0 bridgehead atoms. The smallest absolute Gasteiger partial charge is 0.221 e. The van der Waals surface area contributed by atoms with Crippen LogP contribution in [0.3, 0.4) is 0 Å². The molecule has 3 rings (SSSR count). The summed E-state index contributed by atoms with van der Waals surface area (Å²) in [7, 11) is 0. The highest BCUT2D eigenvalue weighted by Gasteiger charge is 2.07. The highest BCUT2D eigenvalue weighted by molar-refractivity contribution is 5.88. The van der Waals surface area contributed by atoms with Gasteiger partial charge in [-0.15, -0.1) is 0 Å². The molecule has 0 saturated heterocycles. The summed E-state index contributed by atoms with van der Waals surface area (Å²) in [5.74, 6) is 1.20. The van der Waals surface area contributed by atoms with Gasteiger partial charge in [-0.05, 0) is 47.2 Å². The van der Waals surface area contributed by atoms with Gasteiger partial charge in [0.1, 0.15) is 30.8 Å². The molecule has 0 spiro atoms. The van der Waals surface area contributed by atoms with Gasteiger partial charge in [-0.1, -0.05) is 30.3 Å². The second kappa shape index (κ2) is 8.36. The molecule has 1 amide bonds. The normalized spacial score (nSPS) is 11.8. The van der Waals surface area contributed by atoms with Crippen LogP contribution in [0.4, 0.5) is 5.69 Å². The lowest BCUT2D eigenvalue weighted by Gasteiger charge is -2.14. The van der Waals surface area contributed by atoms with Crippen molar-refractivity contribution in [2.24, 2.45) is 0 Å². The monoisotopic (exact) mass is 351 g/mol. The van der Waals surface area contributed by atoms with Crippen LogP contribution in [0, 0.1) is 0 Å². The second-order valence-corrected chi connectivity index (χ2v) is 5.99. The van der Waals surface area contributed by atoms with E-state index in [4.69, 9.17) is 9.47 Å². The summed E-state index contributed by atoms with van der Waals surface area (Å²) in [5.41, 5.74) is 0.699. The van der Waals surface area contributed by atoms with Gasteiger partial charge in [0.05, 0.1) is 0 Å². The van der Waals surface area contributed by atoms with E-state index in [0.29, 0.717) is 17.2 Å². The quantitative estimate of drug-likeness (QED) is 0.682. The molecule has 5 nitrogen and oxygen atoms in total. The van der Waals surface area contributed by atoms with Gasteiger partial charge in [0, 0.05) is 12.6 Å². The number of hydrogen-bond acceptors (Lipinski definition) is 4. The van der Waals surface area contributed by atoms with Crippen molar-refractivity contribution in [1.29, 1.82) is 0 Å². The molecule has 3 aromatic carbocycles. The standard InChI is InChI=1S/C21H21NO4/c1-15(23)22-18-7-10-20(11-8-18)25-13-19(24)14-26-21-9-6-16-4-2-3-5-17(16)12-21/h2-12,19,24H,13-14H2,1H3,(H,22,23)/t19-/m1/s1. The predicted molar refractivity (Wildman–Crippen MR) is 102 cm³/mol. The van der Waals surface area contributed by atoms with Crippen LogP contribution >= 0.6 is 0 Å². The maximum absolute atomic E-state index is 11.0. The SMILES string of the molecule is CC(=O)Nc1ccc(OC[C@@H](O)COc2ccc3ccccc3c2)cc1. The molecule has 3 aromatic rings. The molecule has 0 unspecified atom stereocenters. The van der Waals surface area contributed by atoms with E-state index in [1.165, 1.54) is 6.92 Å². The number of anilines is 1. The molecule has 0 heterocycles. The number of fused-ring (bicyclic) bond motifs is 1. The van der Waals surface area contributed by atoms with Crippen LogP contribution < -0.4 is 14.8 Å². The fourth-order valence-corrected chi connectivity index (χ4v) is 2.53. The Labute approximate surface area is 152 Å². The molecule has 134 valence electrons. The third-order valence-electron chi connectivity index (χ3n) is 3.78. The van der Waals surface area contributed by atoms with Crippen LogP contribution in [0.15, 0.2) is 66.7 Å². The minimum Gasteiger partial charge on any atom is -0.491 e. The van der Waals surface area contributed by atoms with Gasteiger partial charge in [-0.25, -0.2) is 0 Å². The Hall–Kier alpha value is -3.05. The van der Waals surface area contributed by atoms with Crippen molar-refractivity contribution in [3.63, 3.8) is 0 Å². The Morgan fingerprint density at radius 2 is 1.54 bits per heavy atom. The molecule has 0 aromatic heterocycles. The van der Waals surface area contributed by atoms with Crippen molar-refractivity contribution in [2.75, 3.05) is 18.5 Å².